The molecule has 1 rings (SSSR count). The average molecular weight is 524 g/mol. The second kappa shape index (κ2) is 16.1. The predicted molar refractivity (Wildman–Crippen MR) is 91.3 cm³/mol. The van der Waals surface area contributed by atoms with Gasteiger partial charge in [0.05, 0.1) is 6.67 Å². The van der Waals surface area contributed by atoms with Gasteiger partial charge in [-0.2, -0.15) is 0 Å². The molecule has 22 heteroatoms. The van der Waals surface area contributed by atoms with Gasteiger partial charge in [0.15, 0.2) is 0 Å². The number of hydrogen-bond donors (Lipinski definition) is 8. The van der Waals surface area contributed by atoms with Crippen LogP contribution in [0.2, 0.25) is 0 Å². The van der Waals surface area contributed by atoms with Gasteiger partial charge in [0.25, 0.3) is 0 Å². The summed E-state index contributed by atoms with van der Waals surface area (Å²) in [5.74, 6) is 0. The smallest absolute Gasteiger partial charge is 0.362 e. The maximum absolute atomic E-state index is 10.4. The zero-order chi connectivity index (χ0) is 24.7. The van der Waals surface area contributed by atoms with Crippen LogP contribution in [0.3, 0.4) is 0 Å². The van der Waals surface area contributed by atoms with E-state index < -0.39 is 31.6 Å². The minimum absolute atomic E-state index is 0.945. The highest BCUT2D eigenvalue weighted by atomic mass is 31.2. The Balaban J connectivity index is -0.000000140. The molecular formula is C7H20F4N2O12P4. The number of halogens is 4. The largest absolute Gasteiger partial charge is 0.507 e. The fourth-order valence-electron chi connectivity index (χ4n) is 0.873. The predicted octanol–water partition coefficient (Wildman–Crippen LogP) is 1.04. The van der Waals surface area contributed by atoms with Gasteiger partial charge >= 0.3 is 31.6 Å². The molecule has 0 aromatic carbocycles. The Labute approximate surface area is 161 Å². The van der Waals surface area contributed by atoms with Crippen LogP contribution >= 0.6 is 31.6 Å². The van der Waals surface area contributed by atoms with Crippen LogP contribution in [0.15, 0.2) is 25.1 Å². The zero-order valence-corrected chi connectivity index (χ0v) is 17.8. The van der Waals surface area contributed by atoms with Crippen LogP contribution in [-0.4, -0.2) is 69.2 Å². The highest BCUT2D eigenvalue weighted by molar-refractivity contribution is 7.46. The summed E-state index contributed by atoms with van der Waals surface area (Å²) >= 11 is 0. The number of rotatable bonds is 2. The molecule has 0 aromatic rings. The van der Waals surface area contributed by atoms with Gasteiger partial charge in [0.2, 0.25) is 0 Å². The first-order valence-electron chi connectivity index (χ1n) is 6.07. The van der Waals surface area contributed by atoms with Crippen LogP contribution in [0.4, 0.5) is 16.8 Å². The summed E-state index contributed by atoms with van der Waals surface area (Å²) in [5, 5.41) is 0. The molecule has 0 unspecified atom stereocenters. The van der Waals surface area contributed by atoms with E-state index in [-0.39, 0.29) is 0 Å². The van der Waals surface area contributed by atoms with Gasteiger partial charge in [0.1, 0.15) is 0 Å². The quantitative estimate of drug-likeness (QED) is 0.143. The normalized spacial score (nSPS) is 13.4. The van der Waals surface area contributed by atoms with Crippen molar-refractivity contribution in [2.75, 3.05) is 20.3 Å². The Morgan fingerprint density at radius 1 is 0.793 bits per heavy atom. The molecule has 14 nitrogen and oxygen atoms in total. The van der Waals surface area contributed by atoms with Crippen LogP contribution in [0.25, 0.3) is 0 Å². The van der Waals surface area contributed by atoms with E-state index in [4.69, 9.17) is 57.4 Å². The lowest BCUT2D eigenvalue weighted by Crippen LogP contribution is -2.21. The van der Waals surface area contributed by atoms with Gasteiger partial charge in [-0.1, -0.05) is 6.08 Å². The second-order valence-corrected chi connectivity index (χ2v) is 7.93. The van der Waals surface area contributed by atoms with Crippen molar-refractivity contribution in [2.24, 2.45) is 0 Å². The molecule has 0 saturated carbocycles. The Morgan fingerprint density at radius 2 is 1.03 bits per heavy atom. The monoisotopic (exact) mass is 524 g/mol. The maximum Gasteiger partial charge on any atom is 0.507 e. The summed E-state index contributed by atoms with van der Waals surface area (Å²) in [6.45, 7) is 5.59. The molecule has 0 bridgehead atoms. The van der Waals surface area contributed by atoms with Crippen LogP contribution < -0.4 is 0 Å². The van der Waals surface area contributed by atoms with Crippen molar-refractivity contribution in [2.45, 2.75) is 0 Å². The third-order valence-electron chi connectivity index (χ3n) is 1.30. The van der Waals surface area contributed by atoms with Crippen molar-refractivity contribution in [1.82, 2.24) is 9.80 Å². The first-order chi connectivity index (χ1) is 12.3. The Kier molecular flexibility index (Phi) is 19.9. The molecule has 1 aliphatic rings. The summed E-state index contributed by atoms with van der Waals surface area (Å²) < 4.78 is 76.1. The Hall–Kier alpha value is -0.600. The molecule has 0 atom stereocenters. The molecule has 0 spiro atoms. The van der Waals surface area contributed by atoms with E-state index in [0.717, 1.165) is 13.2 Å². The van der Waals surface area contributed by atoms with Gasteiger partial charge in [-0.05, 0) is 0 Å². The van der Waals surface area contributed by atoms with Crippen molar-refractivity contribution in [1.29, 1.82) is 0 Å². The summed E-state index contributed by atoms with van der Waals surface area (Å²) in [6, 6.07) is 0. The molecule has 178 valence electrons. The number of hydrogen-bond acceptors (Lipinski definition) is 6. The van der Waals surface area contributed by atoms with E-state index in [1.54, 1.807) is 0 Å². The molecule has 29 heavy (non-hydrogen) atoms. The lowest BCUT2D eigenvalue weighted by molar-refractivity contribution is 0.318. The minimum Gasteiger partial charge on any atom is -0.362 e. The van der Waals surface area contributed by atoms with Crippen molar-refractivity contribution in [3.8, 4) is 0 Å². The summed E-state index contributed by atoms with van der Waals surface area (Å²) in [6.07, 6.45) is 6.04. The lowest BCUT2D eigenvalue weighted by atomic mass is 10.6. The standard InChI is InChI=1S/C7H12N2.4FH2O3P/c1-3-4-9-6-5-8(2)7-9;4*1-5(2,3)4/h3,5-6H,1,4,7H2,2H3;4*(H2,2,3,4). The molecule has 0 fully saturated rings. The number of nitrogens with zero attached hydrogens (tertiary/aromatic N) is 2. The van der Waals surface area contributed by atoms with E-state index in [0.29, 0.717) is 0 Å². The van der Waals surface area contributed by atoms with E-state index in [1.165, 1.54) is 0 Å². The van der Waals surface area contributed by atoms with E-state index in [2.05, 4.69) is 35.8 Å². The second-order valence-electron chi connectivity index (χ2n) is 4.15. The molecule has 0 aromatic heterocycles. The van der Waals surface area contributed by atoms with E-state index in [1.807, 2.05) is 6.08 Å². The molecule has 0 saturated heterocycles. The zero-order valence-electron chi connectivity index (χ0n) is 14.3. The van der Waals surface area contributed by atoms with Gasteiger partial charge in [-0.3, -0.25) is 39.1 Å². The van der Waals surface area contributed by atoms with Crippen molar-refractivity contribution >= 4 is 31.6 Å². The molecule has 8 N–H and O–H groups in total. The molecule has 0 radical (unpaired) electrons. The van der Waals surface area contributed by atoms with E-state index >= 15 is 0 Å². The van der Waals surface area contributed by atoms with Gasteiger partial charge in [-0.25, -0.2) is 18.3 Å². The van der Waals surface area contributed by atoms with Crippen LogP contribution in [0.5, 0.6) is 0 Å². The maximum atomic E-state index is 10.4. The minimum atomic E-state index is -5.14. The first-order valence-corrected chi connectivity index (χ1v) is 12.1. The van der Waals surface area contributed by atoms with Crippen LogP contribution in [0, 0.1) is 0 Å². The van der Waals surface area contributed by atoms with Gasteiger partial charge in [0, 0.05) is 26.0 Å². The SMILES string of the molecule is C=CCN1C=CN(C)C1.O=P(O)(O)F.O=P(O)(O)F.O=P(O)(O)F.O=P(O)(O)F. The Morgan fingerprint density at radius 3 is 1.17 bits per heavy atom. The summed E-state index contributed by atoms with van der Waals surface area (Å²) in [4.78, 5) is 60.0. The van der Waals surface area contributed by atoms with Crippen molar-refractivity contribution < 1.29 is 74.2 Å². The lowest BCUT2D eigenvalue weighted by Gasteiger charge is -2.15. The molecule has 0 aliphatic carbocycles. The fraction of sp³-hybridized carbons (Fsp3) is 0.429. The topological polar surface area (TPSA) is 237 Å². The highest BCUT2D eigenvalue weighted by Gasteiger charge is 2.06. The average Bonchev–Trinajstić information content (AvgIpc) is 2.66. The molecule has 1 heterocycles. The highest BCUT2D eigenvalue weighted by Crippen LogP contribution is 2.36. The third kappa shape index (κ3) is 136. The first kappa shape index (κ1) is 35.8. The van der Waals surface area contributed by atoms with Crippen molar-refractivity contribution in [3.05, 3.63) is 25.1 Å². The summed E-state index contributed by atoms with van der Waals surface area (Å²) in [7, 11) is -18.5. The Bertz CT molecular complexity index is 544. The van der Waals surface area contributed by atoms with Crippen LogP contribution in [-0.2, 0) is 18.3 Å². The van der Waals surface area contributed by atoms with Crippen LogP contribution in [0.1, 0.15) is 0 Å². The molecule has 0 amide bonds. The van der Waals surface area contributed by atoms with Crippen molar-refractivity contribution in [3.63, 3.8) is 0 Å². The summed E-state index contributed by atoms with van der Waals surface area (Å²) in [5.41, 5.74) is 0. The van der Waals surface area contributed by atoms with Gasteiger partial charge in [-0.15, -0.1) is 23.4 Å². The van der Waals surface area contributed by atoms with E-state index in [9.17, 15) is 16.8 Å². The van der Waals surface area contributed by atoms with Gasteiger partial charge < -0.3 is 9.80 Å². The molecule has 1 aliphatic heterocycles. The fourth-order valence-corrected chi connectivity index (χ4v) is 0.873. The third-order valence-corrected chi connectivity index (χ3v) is 1.30. The molecular weight excluding hydrogens is 504 g/mol.